The van der Waals surface area contributed by atoms with E-state index in [0.717, 1.165) is 45.2 Å². The Morgan fingerprint density at radius 1 is 1.22 bits per heavy atom. The Morgan fingerprint density at radius 3 is 2.56 bits per heavy atom. The molecule has 2 heterocycles. The van der Waals surface area contributed by atoms with Crippen LogP contribution in [-0.2, 0) is 4.79 Å². The molecule has 3 N–H and O–H groups in total. The third-order valence-electron chi connectivity index (χ3n) is 4.92. The highest BCUT2D eigenvalue weighted by atomic mass is 16.3. The van der Waals surface area contributed by atoms with E-state index in [9.17, 15) is 9.90 Å². The number of nitrogens with one attached hydrogen (secondary N) is 2. The Morgan fingerprint density at radius 2 is 1.94 bits per heavy atom. The van der Waals surface area contributed by atoms with Crippen molar-refractivity contribution in [1.82, 2.24) is 15.5 Å². The molecule has 3 rings (SSSR count). The number of hydrogen-bond donors (Lipinski definition) is 3. The number of likely N-dealkylation sites (tertiary alicyclic amines) is 1. The van der Waals surface area contributed by atoms with Gasteiger partial charge in [0.05, 0.1) is 12.8 Å². The molecule has 1 spiro atoms. The lowest BCUT2D eigenvalue weighted by molar-refractivity contribution is -0.126. The van der Waals surface area contributed by atoms with E-state index in [1.54, 1.807) is 0 Å². The molecule has 1 saturated carbocycles. The van der Waals surface area contributed by atoms with E-state index in [4.69, 9.17) is 0 Å². The standard InChI is InChI=1S/C13H23N3O2/c17-11-4-2-1-3-10(11)16-7-5-13(6-8-16)12(18)14-9-15-13/h10-11,15,17H,1-9H2,(H,14,18). The minimum atomic E-state index is -0.323. The summed E-state index contributed by atoms with van der Waals surface area (Å²) in [5.41, 5.74) is -0.323. The topological polar surface area (TPSA) is 64.6 Å². The van der Waals surface area contributed by atoms with Crippen molar-refractivity contribution in [1.29, 1.82) is 0 Å². The molecule has 0 aromatic heterocycles. The highest BCUT2D eigenvalue weighted by Gasteiger charge is 2.45. The molecule has 0 aromatic carbocycles. The van der Waals surface area contributed by atoms with Gasteiger partial charge in [0.1, 0.15) is 5.54 Å². The predicted octanol–water partition coefficient (Wildman–Crippen LogP) is -0.199. The van der Waals surface area contributed by atoms with Gasteiger partial charge in [0, 0.05) is 19.1 Å². The lowest BCUT2D eigenvalue weighted by atomic mass is 9.84. The number of hydrogen-bond acceptors (Lipinski definition) is 4. The molecule has 0 aromatic rings. The van der Waals surface area contributed by atoms with Crippen LogP contribution in [0.15, 0.2) is 0 Å². The molecule has 2 atom stereocenters. The molecule has 3 aliphatic rings. The second kappa shape index (κ2) is 4.79. The van der Waals surface area contributed by atoms with Crippen LogP contribution in [0.4, 0.5) is 0 Å². The number of rotatable bonds is 1. The maximum Gasteiger partial charge on any atom is 0.241 e. The first kappa shape index (κ1) is 12.4. The highest BCUT2D eigenvalue weighted by Crippen LogP contribution is 2.30. The van der Waals surface area contributed by atoms with Gasteiger partial charge in [-0.25, -0.2) is 0 Å². The molecule has 2 aliphatic heterocycles. The van der Waals surface area contributed by atoms with Crippen LogP contribution in [0.3, 0.4) is 0 Å². The molecule has 3 fully saturated rings. The molecule has 1 amide bonds. The Balaban J connectivity index is 1.61. The number of aliphatic hydroxyl groups is 1. The second-order valence-corrected chi connectivity index (χ2v) is 5.90. The number of piperidine rings is 1. The van der Waals surface area contributed by atoms with Crippen LogP contribution in [0, 0.1) is 0 Å². The zero-order chi connectivity index (χ0) is 12.6. The summed E-state index contributed by atoms with van der Waals surface area (Å²) in [6.07, 6.45) is 5.97. The van der Waals surface area contributed by atoms with E-state index in [0.29, 0.717) is 12.7 Å². The molecule has 0 bridgehead atoms. The van der Waals surface area contributed by atoms with E-state index < -0.39 is 0 Å². The van der Waals surface area contributed by atoms with Crippen molar-refractivity contribution in [2.45, 2.75) is 56.2 Å². The van der Waals surface area contributed by atoms with Gasteiger partial charge in [-0.1, -0.05) is 12.8 Å². The van der Waals surface area contributed by atoms with Crippen molar-refractivity contribution in [2.24, 2.45) is 0 Å². The molecule has 2 unspecified atom stereocenters. The van der Waals surface area contributed by atoms with Crippen LogP contribution in [0.5, 0.6) is 0 Å². The zero-order valence-corrected chi connectivity index (χ0v) is 10.8. The quantitative estimate of drug-likeness (QED) is 0.605. The Hall–Kier alpha value is -0.650. The highest BCUT2D eigenvalue weighted by molar-refractivity contribution is 5.88. The van der Waals surface area contributed by atoms with E-state index >= 15 is 0 Å². The number of carbonyl (C=O) groups is 1. The first-order chi connectivity index (χ1) is 8.71. The van der Waals surface area contributed by atoms with Crippen molar-refractivity contribution in [3.8, 4) is 0 Å². The summed E-state index contributed by atoms with van der Waals surface area (Å²) >= 11 is 0. The molecule has 1 aliphatic carbocycles. The van der Waals surface area contributed by atoms with Gasteiger partial charge in [0.15, 0.2) is 0 Å². The number of amides is 1. The molecule has 0 radical (unpaired) electrons. The van der Waals surface area contributed by atoms with Crippen LogP contribution in [0.25, 0.3) is 0 Å². The minimum Gasteiger partial charge on any atom is -0.391 e. The molecule has 5 heteroatoms. The van der Waals surface area contributed by atoms with Gasteiger partial charge in [0.25, 0.3) is 0 Å². The molecule has 18 heavy (non-hydrogen) atoms. The Labute approximate surface area is 108 Å². The average molecular weight is 253 g/mol. The van der Waals surface area contributed by atoms with Gasteiger partial charge < -0.3 is 10.4 Å². The van der Waals surface area contributed by atoms with Crippen LogP contribution in [0.1, 0.15) is 38.5 Å². The first-order valence-corrected chi connectivity index (χ1v) is 7.17. The molecular formula is C13H23N3O2. The molecular weight excluding hydrogens is 230 g/mol. The first-order valence-electron chi connectivity index (χ1n) is 7.17. The third-order valence-corrected chi connectivity index (χ3v) is 4.92. The van der Waals surface area contributed by atoms with Gasteiger partial charge in [-0.15, -0.1) is 0 Å². The molecule has 2 saturated heterocycles. The summed E-state index contributed by atoms with van der Waals surface area (Å²) in [6.45, 7) is 2.44. The second-order valence-electron chi connectivity index (χ2n) is 5.90. The lowest BCUT2D eigenvalue weighted by Crippen LogP contribution is -2.58. The largest absolute Gasteiger partial charge is 0.391 e. The smallest absolute Gasteiger partial charge is 0.241 e. The maximum absolute atomic E-state index is 11.9. The number of nitrogens with zero attached hydrogens (tertiary/aromatic N) is 1. The number of carbonyl (C=O) groups excluding carboxylic acids is 1. The summed E-state index contributed by atoms with van der Waals surface area (Å²) in [7, 11) is 0. The average Bonchev–Trinajstić information content (AvgIpc) is 2.73. The van der Waals surface area contributed by atoms with Gasteiger partial charge in [-0.05, 0) is 25.7 Å². The maximum atomic E-state index is 11.9. The monoisotopic (exact) mass is 253 g/mol. The fraction of sp³-hybridized carbons (Fsp3) is 0.923. The van der Waals surface area contributed by atoms with E-state index in [2.05, 4.69) is 15.5 Å². The summed E-state index contributed by atoms with van der Waals surface area (Å²) in [6, 6.07) is 0.320. The third kappa shape index (κ3) is 2.04. The molecule has 5 nitrogen and oxygen atoms in total. The predicted molar refractivity (Wildman–Crippen MR) is 67.9 cm³/mol. The minimum absolute atomic E-state index is 0.159. The summed E-state index contributed by atoms with van der Waals surface area (Å²) in [4.78, 5) is 14.2. The summed E-state index contributed by atoms with van der Waals surface area (Å²) in [5, 5.41) is 16.3. The SMILES string of the molecule is O=C1NCNC12CCN(C1CCCCC1O)CC2. The Bertz CT molecular complexity index is 326. The normalized spacial score (nSPS) is 36.8. The van der Waals surface area contributed by atoms with Crippen LogP contribution < -0.4 is 10.6 Å². The van der Waals surface area contributed by atoms with Crippen molar-refractivity contribution in [2.75, 3.05) is 19.8 Å². The fourth-order valence-corrected chi connectivity index (χ4v) is 3.70. The van der Waals surface area contributed by atoms with Crippen LogP contribution >= 0.6 is 0 Å². The van der Waals surface area contributed by atoms with Crippen LogP contribution in [0.2, 0.25) is 0 Å². The van der Waals surface area contributed by atoms with Crippen molar-refractivity contribution in [3.05, 3.63) is 0 Å². The lowest BCUT2D eigenvalue weighted by Gasteiger charge is -2.44. The van der Waals surface area contributed by atoms with Crippen molar-refractivity contribution >= 4 is 5.91 Å². The Kier molecular flexibility index (Phi) is 3.30. The molecule has 102 valence electrons. The van der Waals surface area contributed by atoms with Gasteiger partial charge in [0.2, 0.25) is 5.91 Å². The van der Waals surface area contributed by atoms with Crippen LogP contribution in [-0.4, -0.2) is 53.4 Å². The van der Waals surface area contributed by atoms with Gasteiger partial charge in [-0.2, -0.15) is 0 Å². The summed E-state index contributed by atoms with van der Waals surface area (Å²) in [5.74, 6) is 0.159. The van der Waals surface area contributed by atoms with E-state index in [1.807, 2.05) is 0 Å². The van der Waals surface area contributed by atoms with E-state index in [1.165, 1.54) is 6.42 Å². The van der Waals surface area contributed by atoms with Crippen molar-refractivity contribution < 1.29 is 9.90 Å². The number of aliphatic hydroxyl groups excluding tert-OH is 1. The van der Waals surface area contributed by atoms with Crippen molar-refractivity contribution in [3.63, 3.8) is 0 Å². The van der Waals surface area contributed by atoms with Gasteiger partial charge in [-0.3, -0.25) is 15.0 Å². The summed E-state index contributed by atoms with van der Waals surface area (Å²) < 4.78 is 0. The van der Waals surface area contributed by atoms with E-state index in [-0.39, 0.29) is 17.6 Å². The zero-order valence-electron chi connectivity index (χ0n) is 10.8. The fourth-order valence-electron chi connectivity index (χ4n) is 3.70. The van der Waals surface area contributed by atoms with Gasteiger partial charge >= 0.3 is 0 Å².